The van der Waals surface area contributed by atoms with Gasteiger partial charge in [-0.2, -0.15) is 0 Å². The maximum absolute atomic E-state index is 6.18. The van der Waals surface area contributed by atoms with E-state index in [1.54, 1.807) is 6.07 Å². The standard InChI is InChI=1S/C15H15Cl2N/c1-11(14-8-7-13(16)9-15(14)17)18-10-12-5-3-2-4-6-12/h2-9,11,18H,10H2,1H3/t11-/m0/s1. The summed E-state index contributed by atoms with van der Waals surface area (Å²) in [7, 11) is 0. The van der Waals surface area contributed by atoms with Crippen molar-refractivity contribution in [1.29, 1.82) is 0 Å². The summed E-state index contributed by atoms with van der Waals surface area (Å²) in [5.41, 5.74) is 2.33. The molecule has 2 rings (SSSR count). The van der Waals surface area contributed by atoms with Crippen LogP contribution >= 0.6 is 23.2 Å². The van der Waals surface area contributed by atoms with Crippen LogP contribution in [0.1, 0.15) is 24.1 Å². The van der Waals surface area contributed by atoms with Gasteiger partial charge in [-0.3, -0.25) is 0 Å². The largest absolute Gasteiger partial charge is 0.306 e. The fraction of sp³-hybridized carbons (Fsp3) is 0.200. The predicted molar refractivity (Wildman–Crippen MR) is 78.2 cm³/mol. The molecule has 1 N–H and O–H groups in total. The van der Waals surface area contributed by atoms with E-state index in [4.69, 9.17) is 23.2 Å². The molecule has 0 bridgehead atoms. The third kappa shape index (κ3) is 3.49. The molecular weight excluding hydrogens is 265 g/mol. The van der Waals surface area contributed by atoms with Crippen LogP contribution in [0.4, 0.5) is 0 Å². The molecule has 0 aliphatic heterocycles. The highest BCUT2D eigenvalue weighted by Gasteiger charge is 2.09. The van der Waals surface area contributed by atoms with E-state index >= 15 is 0 Å². The molecule has 0 heterocycles. The zero-order valence-electron chi connectivity index (χ0n) is 10.2. The first-order chi connectivity index (χ1) is 8.66. The first-order valence-electron chi connectivity index (χ1n) is 5.89. The molecule has 0 amide bonds. The van der Waals surface area contributed by atoms with Crippen LogP contribution in [0.3, 0.4) is 0 Å². The Balaban J connectivity index is 2.01. The van der Waals surface area contributed by atoms with Crippen LogP contribution in [0.25, 0.3) is 0 Å². The minimum Gasteiger partial charge on any atom is -0.306 e. The van der Waals surface area contributed by atoms with Crippen LogP contribution < -0.4 is 5.32 Å². The highest BCUT2D eigenvalue weighted by Crippen LogP contribution is 2.26. The van der Waals surface area contributed by atoms with Crippen LogP contribution in [0.15, 0.2) is 48.5 Å². The van der Waals surface area contributed by atoms with Crippen LogP contribution in [-0.2, 0) is 6.54 Å². The van der Waals surface area contributed by atoms with Gasteiger partial charge in [0.25, 0.3) is 0 Å². The molecule has 3 heteroatoms. The van der Waals surface area contributed by atoms with Gasteiger partial charge in [-0.05, 0) is 30.2 Å². The Morgan fingerprint density at radius 3 is 2.44 bits per heavy atom. The summed E-state index contributed by atoms with van der Waals surface area (Å²) >= 11 is 12.1. The van der Waals surface area contributed by atoms with Gasteiger partial charge in [-0.15, -0.1) is 0 Å². The molecule has 94 valence electrons. The van der Waals surface area contributed by atoms with Crippen LogP contribution in [0, 0.1) is 0 Å². The minimum absolute atomic E-state index is 0.190. The maximum atomic E-state index is 6.18. The first-order valence-corrected chi connectivity index (χ1v) is 6.64. The van der Waals surface area contributed by atoms with E-state index in [0.717, 1.165) is 12.1 Å². The summed E-state index contributed by atoms with van der Waals surface area (Å²) in [6, 6.07) is 16.1. The number of nitrogens with one attached hydrogen (secondary N) is 1. The number of halogens is 2. The lowest BCUT2D eigenvalue weighted by Crippen LogP contribution is -2.18. The van der Waals surface area contributed by atoms with Crippen molar-refractivity contribution >= 4 is 23.2 Å². The summed E-state index contributed by atoms with van der Waals surface area (Å²) in [5, 5.41) is 4.82. The van der Waals surface area contributed by atoms with Gasteiger partial charge >= 0.3 is 0 Å². The molecule has 0 spiro atoms. The van der Waals surface area contributed by atoms with Crippen molar-refractivity contribution in [2.75, 3.05) is 0 Å². The Labute approximate surface area is 118 Å². The quantitative estimate of drug-likeness (QED) is 0.844. The molecule has 18 heavy (non-hydrogen) atoms. The van der Waals surface area contributed by atoms with E-state index in [1.165, 1.54) is 5.56 Å². The number of rotatable bonds is 4. The molecule has 0 radical (unpaired) electrons. The molecule has 0 aliphatic rings. The predicted octanol–water partition coefficient (Wildman–Crippen LogP) is 4.84. The smallest absolute Gasteiger partial charge is 0.0468 e. The van der Waals surface area contributed by atoms with Crippen molar-refractivity contribution in [3.05, 3.63) is 69.7 Å². The Kier molecular flexibility index (Phi) is 4.65. The van der Waals surface area contributed by atoms with Gasteiger partial charge < -0.3 is 5.32 Å². The van der Waals surface area contributed by atoms with Crippen LogP contribution in [0.2, 0.25) is 10.0 Å². The third-order valence-electron chi connectivity index (χ3n) is 2.88. The lowest BCUT2D eigenvalue weighted by molar-refractivity contribution is 0.575. The lowest BCUT2D eigenvalue weighted by atomic mass is 10.1. The fourth-order valence-electron chi connectivity index (χ4n) is 1.83. The molecule has 0 saturated heterocycles. The molecule has 2 aromatic carbocycles. The Morgan fingerprint density at radius 1 is 1.06 bits per heavy atom. The summed E-state index contributed by atoms with van der Waals surface area (Å²) in [6.45, 7) is 2.92. The van der Waals surface area contributed by atoms with Gasteiger partial charge in [0.2, 0.25) is 0 Å². The van der Waals surface area contributed by atoms with E-state index in [-0.39, 0.29) is 6.04 Å². The lowest BCUT2D eigenvalue weighted by Gasteiger charge is -2.16. The monoisotopic (exact) mass is 279 g/mol. The van der Waals surface area contributed by atoms with Crippen molar-refractivity contribution in [3.63, 3.8) is 0 Å². The zero-order valence-corrected chi connectivity index (χ0v) is 11.7. The van der Waals surface area contributed by atoms with Crippen LogP contribution in [-0.4, -0.2) is 0 Å². The Hall–Kier alpha value is -1.02. The second-order valence-electron chi connectivity index (χ2n) is 4.25. The fourth-order valence-corrected chi connectivity index (χ4v) is 2.40. The zero-order chi connectivity index (χ0) is 13.0. The average Bonchev–Trinajstić information content (AvgIpc) is 2.37. The maximum Gasteiger partial charge on any atom is 0.0468 e. The van der Waals surface area contributed by atoms with Crippen molar-refractivity contribution in [2.24, 2.45) is 0 Å². The van der Waals surface area contributed by atoms with E-state index in [2.05, 4.69) is 24.4 Å². The van der Waals surface area contributed by atoms with Gasteiger partial charge in [-0.25, -0.2) is 0 Å². The molecule has 1 atom stereocenters. The molecule has 0 aliphatic carbocycles. The normalized spacial score (nSPS) is 12.4. The molecule has 0 unspecified atom stereocenters. The van der Waals surface area contributed by atoms with E-state index < -0.39 is 0 Å². The summed E-state index contributed by atoms with van der Waals surface area (Å²) in [4.78, 5) is 0. The average molecular weight is 280 g/mol. The second-order valence-corrected chi connectivity index (χ2v) is 5.10. The SMILES string of the molecule is C[C@H](NCc1ccccc1)c1ccc(Cl)cc1Cl. The van der Waals surface area contributed by atoms with E-state index in [9.17, 15) is 0 Å². The van der Waals surface area contributed by atoms with Crippen molar-refractivity contribution in [2.45, 2.75) is 19.5 Å². The van der Waals surface area contributed by atoms with Gasteiger partial charge in [0.15, 0.2) is 0 Å². The molecule has 0 fully saturated rings. The minimum atomic E-state index is 0.190. The van der Waals surface area contributed by atoms with Gasteiger partial charge in [0.05, 0.1) is 0 Å². The Morgan fingerprint density at radius 2 is 1.78 bits per heavy atom. The highest BCUT2D eigenvalue weighted by atomic mass is 35.5. The van der Waals surface area contributed by atoms with Crippen molar-refractivity contribution < 1.29 is 0 Å². The Bertz CT molecular complexity index is 511. The van der Waals surface area contributed by atoms with Gasteiger partial charge in [0.1, 0.15) is 0 Å². The van der Waals surface area contributed by atoms with Gasteiger partial charge in [-0.1, -0.05) is 59.6 Å². The number of hydrogen-bond acceptors (Lipinski definition) is 1. The molecule has 0 saturated carbocycles. The highest BCUT2D eigenvalue weighted by molar-refractivity contribution is 6.35. The topological polar surface area (TPSA) is 12.0 Å². The number of benzene rings is 2. The third-order valence-corrected chi connectivity index (χ3v) is 3.45. The second kappa shape index (κ2) is 6.24. The number of hydrogen-bond donors (Lipinski definition) is 1. The molecule has 2 aromatic rings. The van der Waals surface area contributed by atoms with E-state index in [0.29, 0.717) is 10.0 Å². The van der Waals surface area contributed by atoms with Gasteiger partial charge in [0, 0.05) is 22.6 Å². The summed E-state index contributed by atoms with van der Waals surface area (Å²) in [6.07, 6.45) is 0. The van der Waals surface area contributed by atoms with Crippen molar-refractivity contribution in [1.82, 2.24) is 5.32 Å². The van der Waals surface area contributed by atoms with Crippen LogP contribution in [0.5, 0.6) is 0 Å². The summed E-state index contributed by atoms with van der Waals surface area (Å²) in [5.74, 6) is 0. The summed E-state index contributed by atoms with van der Waals surface area (Å²) < 4.78 is 0. The van der Waals surface area contributed by atoms with Crippen molar-refractivity contribution in [3.8, 4) is 0 Å². The molecule has 1 nitrogen and oxygen atoms in total. The molecule has 0 aromatic heterocycles. The molecular formula is C15H15Cl2N. The first kappa shape index (κ1) is 13.4. The van der Waals surface area contributed by atoms with E-state index in [1.807, 2.05) is 30.3 Å².